The Bertz CT molecular complexity index is 709. The van der Waals surface area contributed by atoms with Gasteiger partial charge in [-0.3, -0.25) is 4.90 Å². The first-order chi connectivity index (χ1) is 11.5. The summed E-state index contributed by atoms with van der Waals surface area (Å²) in [5.41, 5.74) is 5.71. The molecule has 5 N–H and O–H groups in total. The van der Waals surface area contributed by atoms with Crippen molar-refractivity contribution in [1.82, 2.24) is 9.97 Å². The third-order valence-electron chi connectivity index (χ3n) is 3.61. The number of nitrogen functional groups attached to an aromatic ring is 1. The van der Waals surface area contributed by atoms with Gasteiger partial charge in [-0.1, -0.05) is 24.3 Å². The summed E-state index contributed by atoms with van der Waals surface area (Å²) in [5.74, 6) is 2.83. The van der Waals surface area contributed by atoms with Gasteiger partial charge in [-0.05, 0) is 0 Å². The molecule has 3 heterocycles. The van der Waals surface area contributed by atoms with Crippen molar-refractivity contribution in [1.29, 1.82) is 0 Å². The van der Waals surface area contributed by atoms with Gasteiger partial charge in [0.1, 0.15) is 23.2 Å². The first-order valence-electron chi connectivity index (χ1n) is 7.00. The SMILES string of the molecule is C#CCOc1nc(N)nc2c1SC(=C)N2[C@@H]1O[C@H](CO)[C@@H](O)[C@H]1O. The lowest BCUT2D eigenvalue weighted by atomic mass is 10.1. The lowest BCUT2D eigenvalue weighted by Gasteiger charge is -2.27. The van der Waals surface area contributed by atoms with Crippen molar-refractivity contribution in [2.75, 3.05) is 23.8 Å². The summed E-state index contributed by atoms with van der Waals surface area (Å²) in [4.78, 5) is 10.2. The molecule has 0 aromatic carbocycles. The zero-order valence-corrected chi connectivity index (χ0v) is 13.3. The fourth-order valence-corrected chi connectivity index (χ4v) is 3.49. The highest BCUT2D eigenvalue weighted by Crippen LogP contribution is 2.50. The fraction of sp³-hybridized carbons (Fsp3) is 0.429. The van der Waals surface area contributed by atoms with Crippen molar-refractivity contribution in [3.8, 4) is 18.2 Å². The topological polar surface area (TPSA) is 134 Å². The number of aliphatic hydroxyl groups is 3. The van der Waals surface area contributed by atoms with Crippen LogP contribution in [0.2, 0.25) is 0 Å². The van der Waals surface area contributed by atoms with Crippen LogP contribution in [-0.2, 0) is 4.74 Å². The number of aromatic nitrogens is 2. The number of thioether (sulfide) groups is 1. The first-order valence-corrected chi connectivity index (χ1v) is 7.81. The van der Waals surface area contributed by atoms with E-state index in [1.165, 1.54) is 16.7 Å². The summed E-state index contributed by atoms with van der Waals surface area (Å²) in [5, 5.41) is 29.9. The Morgan fingerprint density at radius 1 is 1.42 bits per heavy atom. The van der Waals surface area contributed by atoms with Crippen molar-refractivity contribution in [2.24, 2.45) is 0 Å². The van der Waals surface area contributed by atoms with Crippen LogP contribution in [0.1, 0.15) is 0 Å². The summed E-state index contributed by atoms with van der Waals surface area (Å²) >= 11 is 1.21. The van der Waals surface area contributed by atoms with Crippen LogP contribution in [-0.4, -0.2) is 63.0 Å². The van der Waals surface area contributed by atoms with Crippen LogP contribution >= 0.6 is 11.8 Å². The largest absolute Gasteiger partial charge is 0.464 e. The van der Waals surface area contributed by atoms with E-state index in [0.717, 1.165) is 0 Å². The van der Waals surface area contributed by atoms with Crippen molar-refractivity contribution in [3.05, 3.63) is 11.6 Å². The van der Waals surface area contributed by atoms with Crippen molar-refractivity contribution >= 4 is 23.5 Å². The Hall–Kier alpha value is -2.03. The van der Waals surface area contributed by atoms with Gasteiger partial charge in [0.05, 0.1) is 11.6 Å². The number of nitrogens with zero attached hydrogens (tertiary/aromatic N) is 3. The molecule has 128 valence electrons. The maximum absolute atomic E-state index is 10.2. The standard InChI is InChI=1S/C14H16N4O5S/c1-3-4-22-12-10-11(16-14(15)17-12)18(6(2)24-10)13-9(21)8(20)7(5-19)23-13/h1,7-9,13,19-21H,2,4-5H2,(H2,15,16,17)/t7-,8-,9-,13-/m1/s1. The number of fused-ring (bicyclic) bond motifs is 1. The smallest absolute Gasteiger partial charge is 0.235 e. The van der Waals surface area contributed by atoms with Crippen LogP contribution < -0.4 is 15.4 Å². The third-order valence-corrected chi connectivity index (χ3v) is 4.61. The van der Waals surface area contributed by atoms with Gasteiger partial charge in [0.2, 0.25) is 11.8 Å². The van der Waals surface area contributed by atoms with Gasteiger partial charge in [0, 0.05) is 0 Å². The highest BCUT2D eigenvalue weighted by atomic mass is 32.2. The number of rotatable bonds is 4. The molecule has 9 nitrogen and oxygen atoms in total. The number of aliphatic hydroxyl groups excluding tert-OH is 3. The van der Waals surface area contributed by atoms with Crippen molar-refractivity contribution < 1.29 is 24.8 Å². The zero-order valence-electron chi connectivity index (χ0n) is 12.5. The molecule has 0 unspecified atom stereocenters. The van der Waals surface area contributed by atoms with Crippen LogP contribution in [0.25, 0.3) is 0 Å². The molecule has 1 aromatic heterocycles. The van der Waals surface area contributed by atoms with Crippen LogP contribution in [0.4, 0.5) is 11.8 Å². The average Bonchev–Trinajstić information content (AvgIpc) is 3.02. The predicted octanol–water partition coefficient (Wildman–Crippen LogP) is -1.11. The van der Waals surface area contributed by atoms with E-state index in [-0.39, 0.29) is 18.4 Å². The summed E-state index contributed by atoms with van der Waals surface area (Å²) in [7, 11) is 0. The molecule has 1 aromatic rings. The minimum atomic E-state index is -1.27. The molecule has 3 rings (SSSR count). The molecule has 0 amide bonds. The van der Waals surface area contributed by atoms with Gasteiger partial charge in [0.15, 0.2) is 18.7 Å². The molecule has 0 radical (unpaired) electrons. The number of hydrogen-bond donors (Lipinski definition) is 4. The second-order valence-electron chi connectivity index (χ2n) is 5.13. The summed E-state index contributed by atoms with van der Waals surface area (Å²) in [6.45, 7) is 3.48. The molecular weight excluding hydrogens is 336 g/mol. The third kappa shape index (κ3) is 2.66. The number of hydrogen-bond acceptors (Lipinski definition) is 10. The van der Waals surface area contributed by atoms with E-state index in [4.69, 9.17) is 21.6 Å². The number of ether oxygens (including phenoxy) is 2. The lowest BCUT2D eigenvalue weighted by Crippen LogP contribution is -2.42. The molecule has 0 saturated carbocycles. The molecule has 0 aliphatic carbocycles. The minimum absolute atomic E-state index is 0.00375. The number of anilines is 2. The Kier molecular flexibility index (Phi) is 4.53. The summed E-state index contributed by atoms with van der Waals surface area (Å²) in [6, 6.07) is 0. The van der Waals surface area contributed by atoms with E-state index >= 15 is 0 Å². The molecule has 2 aliphatic heterocycles. The fourth-order valence-electron chi connectivity index (χ4n) is 2.54. The van der Waals surface area contributed by atoms with Crippen LogP contribution in [0.15, 0.2) is 16.5 Å². The van der Waals surface area contributed by atoms with E-state index in [1.807, 2.05) is 0 Å². The molecule has 4 atom stereocenters. The van der Waals surface area contributed by atoms with E-state index in [1.54, 1.807) is 0 Å². The lowest BCUT2D eigenvalue weighted by molar-refractivity contribution is -0.0205. The second-order valence-corrected chi connectivity index (χ2v) is 6.21. The van der Waals surface area contributed by atoms with Crippen molar-refractivity contribution in [3.63, 3.8) is 0 Å². The summed E-state index contributed by atoms with van der Waals surface area (Å²) in [6.07, 6.45) is 0.792. The van der Waals surface area contributed by atoms with Gasteiger partial charge in [-0.2, -0.15) is 9.97 Å². The van der Waals surface area contributed by atoms with Gasteiger partial charge in [-0.15, -0.1) is 6.42 Å². The monoisotopic (exact) mass is 352 g/mol. The van der Waals surface area contributed by atoms with Gasteiger partial charge < -0.3 is 30.5 Å². The number of terminal acetylenes is 1. The minimum Gasteiger partial charge on any atom is -0.464 e. The van der Waals surface area contributed by atoms with Crippen LogP contribution in [0.5, 0.6) is 5.88 Å². The van der Waals surface area contributed by atoms with Crippen LogP contribution in [0, 0.1) is 12.3 Å². The molecule has 0 bridgehead atoms. The molecular formula is C14H16N4O5S. The predicted molar refractivity (Wildman–Crippen MR) is 86.0 cm³/mol. The van der Waals surface area contributed by atoms with E-state index in [9.17, 15) is 15.3 Å². The Morgan fingerprint density at radius 2 is 2.17 bits per heavy atom. The average molecular weight is 352 g/mol. The quantitative estimate of drug-likeness (QED) is 0.494. The van der Waals surface area contributed by atoms with Gasteiger partial charge >= 0.3 is 0 Å². The molecule has 1 fully saturated rings. The Balaban J connectivity index is 1.98. The molecule has 10 heteroatoms. The molecule has 1 saturated heterocycles. The highest BCUT2D eigenvalue weighted by Gasteiger charge is 2.49. The van der Waals surface area contributed by atoms with Crippen LogP contribution in [0.3, 0.4) is 0 Å². The number of nitrogens with two attached hydrogens (primary N) is 1. The second kappa shape index (κ2) is 6.46. The first kappa shape index (κ1) is 16.8. The zero-order chi connectivity index (χ0) is 17.4. The normalized spacial score (nSPS) is 28.8. The highest BCUT2D eigenvalue weighted by molar-refractivity contribution is 8.03. The Labute approximate surface area is 142 Å². The van der Waals surface area contributed by atoms with E-state index in [2.05, 4.69) is 22.5 Å². The molecule has 0 spiro atoms. The maximum atomic E-state index is 10.2. The van der Waals surface area contributed by atoms with E-state index < -0.39 is 31.1 Å². The van der Waals surface area contributed by atoms with Gasteiger partial charge in [-0.25, -0.2) is 0 Å². The Morgan fingerprint density at radius 3 is 2.79 bits per heavy atom. The molecule has 2 aliphatic rings. The molecule has 24 heavy (non-hydrogen) atoms. The maximum Gasteiger partial charge on any atom is 0.235 e. The van der Waals surface area contributed by atoms with Crippen molar-refractivity contribution in [2.45, 2.75) is 29.4 Å². The summed E-state index contributed by atoms with van der Waals surface area (Å²) < 4.78 is 10.9. The van der Waals surface area contributed by atoms with Gasteiger partial charge in [0.25, 0.3) is 0 Å². The van der Waals surface area contributed by atoms with E-state index in [0.29, 0.717) is 15.7 Å².